The van der Waals surface area contributed by atoms with Gasteiger partial charge >= 0.3 is 0 Å². The topological polar surface area (TPSA) is 91.0 Å². The van der Waals surface area contributed by atoms with Crippen LogP contribution in [-0.4, -0.2) is 31.8 Å². The highest BCUT2D eigenvalue weighted by Gasteiger charge is 2.33. The van der Waals surface area contributed by atoms with Gasteiger partial charge in [-0.2, -0.15) is 0 Å². The number of phenolic OH excluding ortho intramolecular Hbond substituents is 1. The average molecular weight is 466 g/mol. The van der Waals surface area contributed by atoms with E-state index in [4.69, 9.17) is 19.2 Å². The second kappa shape index (κ2) is 8.32. The Bertz CT molecular complexity index is 1550. The van der Waals surface area contributed by atoms with Gasteiger partial charge in [-0.05, 0) is 42.3 Å². The average Bonchev–Trinajstić information content (AvgIpc) is 3.30. The van der Waals surface area contributed by atoms with Crippen molar-refractivity contribution in [3.63, 3.8) is 0 Å². The van der Waals surface area contributed by atoms with Crippen LogP contribution in [0.15, 0.2) is 73.1 Å². The number of para-hydroxylation sites is 1. The Hall–Kier alpha value is -4.59. The van der Waals surface area contributed by atoms with Crippen LogP contribution in [0.25, 0.3) is 5.65 Å². The number of hydrogen-bond donors (Lipinski definition) is 1. The van der Waals surface area contributed by atoms with Crippen LogP contribution in [0.3, 0.4) is 0 Å². The molecule has 1 unspecified atom stereocenters. The third-order valence-corrected chi connectivity index (χ3v) is 6.13. The van der Waals surface area contributed by atoms with E-state index < -0.39 is 0 Å². The van der Waals surface area contributed by atoms with Gasteiger partial charge in [0.25, 0.3) is 0 Å². The van der Waals surface area contributed by atoms with E-state index >= 15 is 0 Å². The number of aromatic nitrogens is 4. The maximum Gasteiger partial charge on any atom is 0.228 e. The fourth-order valence-electron chi connectivity index (χ4n) is 4.41. The summed E-state index contributed by atoms with van der Waals surface area (Å²) in [6.45, 7) is 2.22. The van der Waals surface area contributed by atoms with Gasteiger partial charge in [0.15, 0.2) is 11.5 Å². The number of fused-ring (bicyclic) bond motifs is 4. The molecule has 1 N–H and O–H groups in total. The summed E-state index contributed by atoms with van der Waals surface area (Å²) in [7, 11) is 1.64. The predicted molar refractivity (Wildman–Crippen MR) is 128 cm³/mol. The molecule has 0 saturated heterocycles. The van der Waals surface area contributed by atoms with Gasteiger partial charge in [0.05, 0.1) is 12.7 Å². The Balaban J connectivity index is 1.46. The summed E-state index contributed by atoms with van der Waals surface area (Å²) in [5.74, 6) is 2.97. The Morgan fingerprint density at radius 3 is 2.69 bits per heavy atom. The van der Waals surface area contributed by atoms with Crippen molar-refractivity contribution < 1.29 is 19.3 Å². The lowest BCUT2D eigenvalue weighted by Gasteiger charge is -2.28. The van der Waals surface area contributed by atoms with Crippen molar-refractivity contribution >= 4 is 5.65 Å². The molecule has 0 saturated carbocycles. The first-order valence-corrected chi connectivity index (χ1v) is 11.2. The van der Waals surface area contributed by atoms with Crippen LogP contribution >= 0.6 is 0 Å². The van der Waals surface area contributed by atoms with Crippen LogP contribution in [0, 0.1) is 6.92 Å². The first kappa shape index (κ1) is 21.0. The van der Waals surface area contributed by atoms with Crippen LogP contribution in [0.1, 0.15) is 34.0 Å². The summed E-state index contributed by atoms with van der Waals surface area (Å²) >= 11 is 0. The van der Waals surface area contributed by atoms with Crippen molar-refractivity contribution in [2.45, 2.75) is 19.4 Å². The molecule has 1 aliphatic rings. The zero-order valence-corrected chi connectivity index (χ0v) is 19.2. The van der Waals surface area contributed by atoms with Gasteiger partial charge in [0, 0.05) is 17.5 Å². The summed E-state index contributed by atoms with van der Waals surface area (Å²) < 4.78 is 19.1. The molecule has 0 spiro atoms. The monoisotopic (exact) mass is 466 g/mol. The summed E-state index contributed by atoms with van der Waals surface area (Å²) in [5.41, 5.74) is 4.39. The molecule has 2 aromatic heterocycles. The lowest BCUT2D eigenvalue weighted by Crippen LogP contribution is -2.15. The highest BCUT2D eigenvalue weighted by molar-refractivity contribution is 5.66. The molecule has 0 amide bonds. The Morgan fingerprint density at radius 2 is 1.89 bits per heavy atom. The molecule has 0 aliphatic carbocycles. The molecule has 0 bridgehead atoms. The van der Waals surface area contributed by atoms with Crippen LogP contribution in [0.5, 0.6) is 28.9 Å². The lowest BCUT2D eigenvalue weighted by molar-refractivity contribution is 0.294. The second-order valence-electron chi connectivity index (χ2n) is 8.34. The van der Waals surface area contributed by atoms with E-state index in [2.05, 4.69) is 10.1 Å². The van der Waals surface area contributed by atoms with Crippen molar-refractivity contribution in [3.05, 3.63) is 101 Å². The second-order valence-corrected chi connectivity index (χ2v) is 8.34. The first-order chi connectivity index (χ1) is 17.1. The van der Waals surface area contributed by atoms with Gasteiger partial charge in [-0.15, -0.1) is 5.10 Å². The van der Waals surface area contributed by atoms with E-state index in [1.54, 1.807) is 30.1 Å². The summed E-state index contributed by atoms with van der Waals surface area (Å²) in [6, 6.07) is 20.8. The van der Waals surface area contributed by atoms with Crippen molar-refractivity contribution in [1.82, 2.24) is 19.6 Å². The Morgan fingerprint density at radius 1 is 1.06 bits per heavy atom. The van der Waals surface area contributed by atoms with E-state index in [0.717, 1.165) is 33.8 Å². The number of benzene rings is 3. The fourth-order valence-corrected chi connectivity index (χ4v) is 4.41. The zero-order chi connectivity index (χ0) is 23.9. The molecule has 0 fully saturated rings. The molecule has 8 heteroatoms. The number of methoxy groups -OCH3 is 1. The molecule has 8 nitrogen and oxygen atoms in total. The molecule has 3 heterocycles. The molecule has 1 aliphatic heterocycles. The molecule has 0 radical (unpaired) electrons. The molecule has 174 valence electrons. The minimum Gasteiger partial charge on any atom is -0.508 e. The van der Waals surface area contributed by atoms with Gasteiger partial charge in [0.1, 0.15) is 35.9 Å². The fraction of sp³-hybridized carbons (Fsp3) is 0.148. The minimum absolute atomic E-state index is 0.125. The summed E-state index contributed by atoms with van der Waals surface area (Å²) in [4.78, 5) is 9.33. The van der Waals surface area contributed by atoms with E-state index in [9.17, 15) is 5.11 Å². The quantitative estimate of drug-likeness (QED) is 0.382. The maximum absolute atomic E-state index is 10.1. The number of aromatic hydroxyl groups is 1. The molecule has 5 aromatic rings. The van der Waals surface area contributed by atoms with E-state index in [1.807, 2.05) is 61.5 Å². The number of rotatable bonds is 5. The van der Waals surface area contributed by atoms with Crippen LogP contribution in [0.2, 0.25) is 0 Å². The van der Waals surface area contributed by atoms with Crippen molar-refractivity contribution in [3.8, 4) is 28.9 Å². The smallest absolute Gasteiger partial charge is 0.228 e. The van der Waals surface area contributed by atoms with Gasteiger partial charge < -0.3 is 19.3 Å². The Labute approximate surface area is 201 Å². The predicted octanol–water partition coefficient (Wildman–Crippen LogP) is 5.01. The summed E-state index contributed by atoms with van der Waals surface area (Å²) in [6.07, 6.45) is 1.58. The van der Waals surface area contributed by atoms with E-state index in [-0.39, 0.29) is 18.3 Å². The molecule has 3 aromatic carbocycles. The molecule has 6 rings (SSSR count). The van der Waals surface area contributed by atoms with Gasteiger partial charge in [-0.25, -0.2) is 14.5 Å². The number of ether oxygens (including phenoxy) is 3. The Kier molecular flexibility index (Phi) is 4.99. The van der Waals surface area contributed by atoms with E-state index in [1.165, 1.54) is 0 Å². The third kappa shape index (κ3) is 3.69. The number of aryl methyl sites for hydroxylation is 1. The molecule has 35 heavy (non-hydrogen) atoms. The summed E-state index contributed by atoms with van der Waals surface area (Å²) in [5, 5.41) is 14.6. The van der Waals surface area contributed by atoms with Crippen LogP contribution in [-0.2, 0) is 6.61 Å². The molecule has 1 atom stereocenters. The first-order valence-electron chi connectivity index (χ1n) is 11.2. The zero-order valence-electron chi connectivity index (χ0n) is 19.2. The maximum atomic E-state index is 10.1. The van der Waals surface area contributed by atoms with Crippen molar-refractivity contribution in [1.29, 1.82) is 0 Å². The number of hydrogen-bond acceptors (Lipinski definition) is 7. The van der Waals surface area contributed by atoms with Crippen molar-refractivity contribution in [2.75, 3.05) is 7.11 Å². The van der Waals surface area contributed by atoms with E-state index in [0.29, 0.717) is 23.1 Å². The highest BCUT2D eigenvalue weighted by atomic mass is 16.5. The third-order valence-electron chi connectivity index (χ3n) is 6.13. The number of phenols is 1. The standard InChI is InChI=1S/C27H22N4O4/c1-16-5-3-4-6-21(16)34-14-23-29-26-25-24(17-7-10-19(33-2)11-8-17)20-12-9-18(32)13-22(20)35-27(25)28-15-31(26)30-23/h3-13,15,24,32H,14H2,1-2H3. The minimum atomic E-state index is -0.231. The van der Waals surface area contributed by atoms with Gasteiger partial charge in [-0.1, -0.05) is 36.4 Å². The van der Waals surface area contributed by atoms with Crippen LogP contribution in [0.4, 0.5) is 0 Å². The van der Waals surface area contributed by atoms with Crippen molar-refractivity contribution in [2.24, 2.45) is 0 Å². The molecular formula is C27H22N4O4. The largest absolute Gasteiger partial charge is 0.508 e. The molecular weight excluding hydrogens is 444 g/mol. The number of nitrogens with zero attached hydrogens (tertiary/aromatic N) is 4. The SMILES string of the molecule is COc1ccc(C2c3ccc(O)cc3Oc3ncn4nc(COc5ccccc5C)nc4c32)cc1. The van der Waals surface area contributed by atoms with Gasteiger partial charge in [0.2, 0.25) is 5.88 Å². The van der Waals surface area contributed by atoms with Crippen LogP contribution < -0.4 is 14.2 Å². The van der Waals surface area contributed by atoms with Gasteiger partial charge in [-0.3, -0.25) is 0 Å². The highest BCUT2D eigenvalue weighted by Crippen LogP contribution is 2.48. The normalized spacial score (nSPS) is 14.2. The lowest BCUT2D eigenvalue weighted by atomic mass is 9.84.